The highest BCUT2D eigenvalue weighted by Crippen LogP contribution is 2.28. The van der Waals surface area contributed by atoms with Crippen LogP contribution in [0.3, 0.4) is 0 Å². The Balaban J connectivity index is 1.98. The summed E-state index contributed by atoms with van der Waals surface area (Å²) in [7, 11) is -2.14. The van der Waals surface area contributed by atoms with Gasteiger partial charge in [0.2, 0.25) is 10.0 Å². The summed E-state index contributed by atoms with van der Waals surface area (Å²) in [5, 5.41) is 3.07. The van der Waals surface area contributed by atoms with Crippen molar-refractivity contribution >= 4 is 44.8 Å². The van der Waals surface area contributed by atoms with Crippen molar-refractivity contribution in [1.29, 1.82) is 0 Å². The number of benzene rings is 2. The fraction of sp³-hybridized carbons (Fsp3) is 0.278. The van der Waals surface area contributed by atoms with E-state index in [2.05, 4.69) is 10.0 Å². The summed E-state index contributed by atoms with van der Waals surface area (Å²) in [6.45, 7) is 1.87. The summed E-state index contributed by atoms with van der Waals surface area (Å²) in [4.78, 5) is 12.1. The number of hydrogen-bond acceptors (Lipinski definition) is 5. The molecular formula is C18H20Cl2N2O5S. The SMILES string of the molecule is CCCNS(=O)(=O)c1ccc(OCC(=O)Nc2ccc(OC)c(Cl)c2)c(Cl)c1. The number of amides is 1. The van der Waals surface area contributed by atoms with Crippen LogP contribution in [0, 0.1) is 0 Å². The zero-order valence-corrected chi connectivity index (χ0v) is 17.6. The van der Waals surface area contributed by atoms with Crippen molar-refractivity contribution in [3.05, 3.63) is 46.4 Å². The molecule has 152 valence electrons. The number of halogens is 2. The molecule has 2 rings (SSSR count). The minimum absolute atomic E-state index is 0.0237. The molecule has 0 saturated heterocycles. The molecule has 0 bridgehead atoms. The van der Waals surface area contributed by atoms with Gasteiger partial charge in [-0.2, -0.15) is 0 Å². The Morgan fingerprint density at radius 2 is 1.75 bits per heavy atom. The molecule has 2 aromatic rings. The number of sulfonamides is 1. The average molecular weight is 447 g/mol. The molecule has 7 nitrogen and oxygen atoms in total. The van der Waals surface area contributed by atoms with Crippen molar-refractivity contribution in [3.63, 3.8) is 0 Å². The first-order valence-corrected chi connectivity index (χ1v) is 10.6. The van der Waals surface area contributed by atoms with Gasteiger partial charge < -0.3 is 14.8 Å². The fourth-order valence-corrected chi connectivity index (χ4v) is 3.89. The number of carbonyl (C=O) groups excluding carboxylic acids is 1. The second-order valence-corrected chi connectivity index (χ2v) is 8.26. The minimum atomic E-state index is -3.64. The maximum atomic E-state index is 12.1. The zero-order valence-electron chi connectivity index (χ0n) is 15.3. The molecule has 0 atom stereocenters. The number of carbonyl (C=O) groups is 1. The number of methoxy groups -OCH3 is 1. The third kappa shape index (κ3) is 6.00. The molecule has 2 N–H and O–H groups in total. The van der Waals surface area contributed by atoms with Gasteiger partial charge in [0.05, 0.1) is 22.1 Å². The molecule has 2 aromatic carbocycles. The van der Waals surface area contributed by atoms with Crippen LogP contribution in [0.25, 0.3) is 0 Å². The normalized spacial score (nSPS) is 11.1. The Kier molecular flexibility index (Phi) is 7.94. The third-order valence-corrected chi connectivity index (χ3v) is 5.60. The molecule has 0 aromatic heterocycles. The van der Waals surface area contributed by atoms with E-state index >= 15 is 0 Å². The van der Waals surface area contributed by atoms with Crippen molar-refractivity contribution in [2.45, 2.75) is 18.2 Å². The van der Waals surface area contributed by atoms with E-state index in [1.54, 1.807) is 18.2 Å². The Bertz CT molecular complexity index is 951. The van der Waals surface area contributed by atoms with Gasteiger partial charge in [0.15, 0.2) is 6.61 Å². The Hall–Kier alpha value is -2.00. The van der Waals surface area contributed by atoms with Gasteiger partial charge in [0.1, 0.15) is 11.5 Å². The molecule has 0 spiro atoms. The van der Waals surface area contributed by atoms with Crippen molar-refractivity contribution in [2.75, 3.05) is 25.6 Å². The van der Waals surface area contributed by atoms with Crippen molar-refractivity contribution in [2.24, 2.45) is 0 Å². The maximum Gasteiger partial charge on any atom is 0.262 e. The van der Waals surface area contributed by atoms with Crippen LogP contribution in [0.15, 0.2) is 41.3 Å². The van der Waals surface area contributed by atoms with Gasteiger partial charge in [-0.1, -0.05) is 30.1 Å². The van der Waals surface area contributed by atoms with E-state index in [9.17, 15) is 13.2 Å². The van der Waals surface area contributed by atoms with Crippen molar-refractivity contribution in [1.82, 2.24) is 4.72 Å². The molecule has 0 aliphatic carbocycles. The van der Waals surface area contributed by atoms with Gasteiger partial charge in [-0.25, -0.2) is 13.1 Å². The lowest BCUT2D eigenvalue weighted by molar-refractivity contribution is -0.118. The molecule has 0 radical (unpaired) electrons. The number of ether oxygens (including phenoxy) is 2. The van der Waals surface area contributed by atoms with Crippen LogP contribution in [0.2, 0.25) is 10.0 Å². The third-order valence-electron chi connectivity index (χ3n) is 3.55. The smallest absolute Gasteiger partial charge is 0.262 e. The van der Waals surface area contributed by atoms with Crippen LogP contribution < -0.4 is 19.5 Å². The molecule has 0 aliphatic heterocycles. The summed E-state index contributed by atoms with van der Waals surface area (Å²) < 4.78 is 37.1. The molecule has 28 heavy (non-hydrogen) atoms. The van der Waals surface area contributed by atoms with E-state index in [-0.39, 0.29) is 22.3 Å². The molecule has 0 fully saturated rings. The van der Waals surface area contributed by atoms with E-state index in [1.165, 1.54) is 25.3 Å². The monoisotopic (exact) mass is 446 g/mol. The van der Waals surface area contributed by atoms with Crippen LogP contribution in [-0.4, -0.2) is 34.6 Å². The first-order chi connectivity index (χ1) is 13.3. The summed E-state index contributed by atoms with van der Waals surface area (Å²) in [5.74, 6) is 0.254. The van der Waals surface area contributed by atoms with Crippen LogP contribution in [0.5, 0.6) is 11.5 Å². The molecular weight excluding hydrogens is 427 g/mol. The highest BCUT2D eigenvalue weighted by molar-refractivity contribution is 7.89. The van der Waals surface area contributed by atoms with Crippen LogP contribution in [0.1, 0.15) is 13.3 Å². The summed E-state index contributed by atoms with van der Waals surface area (Å²) in [6, 6.07) is 8.85. The molecule has 1 amide bonds. The van der Waals surface area contributed by atoms with Crippen LogP contribution in [-0.2, 0) is 14.8 Å². The number of hydrogen-bond donors (Lipinski definition) is 2. The van der Waals surface area contributed by atoms with Gasteiger partial charge in [-0.05, 0) is 42.8 Å². The lowest BCUT2D eigenvalue weighted by atomic mass is 10.3. The van der Waals surface area contributed by atoms with E-state index < -0.39 is 15.9 Å². The molecule has 10 heteroatoms. The predicted octanol–water partition coefficient (Wildman–Crippen LogP) is 3.71. The molecule has 0 heterocycles. The lowest BCUT2D eigenvalue weighted by Gasteiger charge is -2.11. The first kappa shape index (κ1) is 22.3. The topological polar surface area (TPSA) is 93.7 Å². The highest BCUT2D eigenvalue weighted by atomic mass is 35.5. The summed E-state index contributed by atoms with van der Waals surface area (Å²) in [5.41, 5.74) is 0.480. The number of anilines is 1. The van der Waals surface area contributed by atoms with Gasteiger partial charge in [0.25, 0.3) is 5.91 Å². The predicted molar refractivity (Wildman–Crippen MR) is 109 cm³/mol. The van der Waals surface area contributed by atoms with E-state index in [0.717, 1.165) is 0 Å². The van der Waals surface area contributed by atoms with Gasteiger partial charge in [-0.3, -0.25) is 4.79 Å². The summed E-state index contributed by atoms with van der Waals surface area (Å²) >= 11 is 12.1. The number of nitrogens with one attached hydrogen (secondary N) is 2. The average Bonchev–Trinajstić information content (AvgIpc) is 2.65. The van der Waals surface area contributed by atoms with Crippen LogP contribution >= 0.6 is 23.2 Å². The van der Waals surface area contributed by atoms with E-state index in [4.69, 9.17) is 32.7 Å². The van der Waals surface area contributed by atoms with Crippen molar-refractivity contribution < 1.29 is 22.7 Å². The van der Waals surface area contributed by atoms with Gasteiger partial charge in [-0.15, -0.1) is 0 Å². The zero-order chi connectivity index (χ0) is 20.7. The Morgan fingerprint density at radius 1 is 1.07 bits per heavy atom. The van der Waals surface area contributed by atoms with E-state index in [0.29, 0.717) is 29.4 Å². The Morgan fingerprint density at radius 3 is 2.36 bits per heavy atom. The van der Waals surface area contributed by atoms with Gasteiger partial charge in [0, 0.05) is 12.2 Å². The summed E-state index contributed by atoms with van der Waals surface area (Å²) in [6.07, 6.45) is 0.669. The second kappa shape index (κ2) is 9.97. The second-order valence-electron chi connectivity index (χ2n) is 5.68. The number of rotatable bonds is 9. The Labute approximate surface area is 174 Å². The highest BCUT2D eigenvalue weighted by Gasteiger charge is 2.16. The van der Waals surface area contributed by atoms with E-state index in [1.807, 2.05) is 6.92 Å². The lowest BCUT2D eigenvalue weighted by Crippen LogP contribution is -2.24. The quantitative estimate of drug-likeness (QED) is 0.612. The van der Waals surface area contributed by atoms with Crippen molar-refractivity contribution in [3.8, 4) is 11.5 Å². The first-order valence-electron chi connectivity index (χ1n) is 8.32. The standard InChI is InChI=1S/C18H20Cl2N2O5S/c1-3-8-21-28(24,25)13-5-7-17(15(20)10-13)27-11-18(23)22-12-4-6-16(26-2)14(19)9-12/h4-7,9-10,21H,3,8,11H2,1-2H3,(H,22,23). The molecule has 0 aliphatic rings. The maximum absolute atomic E-state index is 12.1. The fourth-order valence-electron chi connectivity index (χ4n) is 2.17. The minimum Gasteiger partial charge on any atom is -0.495 e. The molecule has 0 saturated carbocycles. The van der Waals surface area contributed by atoms with Gasteiger partial charge >= 0.3 is 0 Å². The largest absolute Gasteiger partial charge is 0.495 e. The van der Waals surface area contributed by atoms with Crippen LogP contribution in [0.4, 0.5) is 5.69 Å². The molecule has 0 unspecified atom stereocenters.